The molecular weight excluding hydrogens is 394 g/mol. The van der Waals surface area contributed by atoms with Crippen LogP contribution in [0.25, 0.3) is 11.0 Å². The number of carbonyl (C=O) groups excluding carboxylic acids is 1. The molecule has 1 heterocycles. The summed E-state index contributed by atoms with van der Waals surface area (Å²) in [6.07, 6.45) is 2.46. The summed E-state index contributed by atoms with van der Waals surface area (Å²) in [7, 11) is -0.836. The fourth-order valence-corrected chi connectivity index (χ4v) is 4.44. The van der Waals surface area contributed by atoms with Crippen LogP contribution in [0.4, 0.5) is 0 Å². The Balaban J connectivity index is 1.65. The Morgan fingerprint density at radius 3 is 2.59 bits per heavy atom. The number of nitrogens with zero attached hydrogens (tertiary/aromatic N) is 1. The van der Waals surface area contributed by atoms with E-state index in [4.69, 9.17) is 9.15 Å². The Morgan fingerprint density at radius 2 is 1.83 bits per heavy atom. The van der Waals surface area contributed by atoms with E-state index in [1.54, 1.807) is 12.1 Å². The van der Waals surface area contributed by atoms with Crippen molar-refractivity contribution >= 4 is 27.0 Å². The van der Waals surface area contributed by atoms with E-state index in [1.165, 1.54) is 44.4 Å². The third kappa shape index (κ3) is 3.45. The van der Waals surface area contributed by atoms with Gasteiger partial charge in [0.15, 0.2) is 0 Å². The summed E-state index contributed by atoms with van der Waals surface area (Å²) in [4.78, 5) is 24.7. The molecule has 0 unspecified atom stereocenters. The zero-order valence-corrected chi connectivity index (χ0v) is 16.8. The molecule has 1 aromatic heterocycles. The minimum Gasteiger partial charge on any atom is -0.423 e. The Labute approximate surface area is 167 Å². The number of esters is 1. The molecule has 0 saturated heterocycles. The fourth-order valence-electron chi connectivity index (χ4n) is 3.49. The number of carbonyl (C=O) groups is 1. The quantitative estimate of drug-likeness (QED) is 0.371. The summed E-state index contributed by atoms with van der Waals surface area (Å²) >= 11 is 0. The van der Waals surface area contributed by atoms with Crippen molar-refractivity contribution in [2.75, 3.05) is 14.1 Å². The van der Waals surface area contributed by atoms with Crippen molar-refractivity contribution in [2.45, 2.75) is 24.2 Å². The molecular formula is C21H19NO6S. The predicted octanol–water partition coefficient (Wildman–Crippen LogP) is 2.75. The lowest BCUT2D eigenvalue weighted by Crippen LogP contribution is -2.22. The second kappa shape index (κ2) is 7.13. The highest BCUT2D eigenvalue weighted by Crippen LogP contribution is 2.30. The second-order valence-electron chi connectivity index (χ2n) is 7.06. The molecule has 0 bridgehead atoms. The normalized spacial score (nSPS) is 13.6. The Kier molecular flexibility index (Phi) is 4.76. The summed E-state index contributed by atoms with van der Waals surface area (Å²) in [6.45, 7) is 0. The molecule has 150 valence electrons. The molecule has 29 heavy (non-hydrogen) atoms. The number of hydrogen-bond acceptors (Lipinski definition) is 6. The topological polar surface area (TPSA) is 93.9 Å². The zero-order valence-electron chi connectivity index (χ0n) is 16.0. The minimum absolute atomic E-state index is 0.00276. The number of fused-ring (bicyclic) bond motifs is 3. The molecule has 0 saturated carbocycles. The van der Waals surface area contributed by atoms with Crippen LogP contribution in [0.5, 0.6) is 5.75 Å². The average molecular weight is 413 g/mol. The molecule has 8 heteroatoms. The van der Waals surface area contributed by atoms with Crippen LogP contribution in [0.15, 0.2) is 56.6 Å². The number of benzene rings is 2. The summed E-state index contributed by atoms with van der Waals surface area (Å²) in [5.41, 5.74) is 1.83. The number of hydrogen-bond donors (Lipinski definition) is 0. The molecule has 0 aliphatic heterocycles. The summed E-state index contributed by atoms with van der Waals surface area (Å²) in [5.74, 6) is -0.492. The molecule has 7 nitrogen and oxygen atoms in total. The first kappa shape index (κ1) is 19.4. The van der Waals surface area contributed by atoms with E-state index in [0.29, 0.717) is 5.58 Å². The maximum Gasteiger partial charge on any atom is 0.343 e. The molecule has 1 aliphatic rings. The Hall–Kier alpha value is -2.97. The van der Waals surface area contributed by atoms with E-state index >= 15 is 0 Å². The third-order valence-corrected chi connectivity index (χ3v) is 6.82. The van der Waals surface area contributed by atoms with Crippen molar-refractivity contribution in [3.05, 3.63) is 69.6 Å². The van der Waals surface area contributed by atoms with Gasteiger partial charge in [0, 0.05) is 31.1 Å². The SMILES string of the molecule is CN(C)S(=O)(=O)c1cccc(C(=O)Oc2ccc3c4c(c(=O)oc3c2)CCC4)c1. The largest absolute Gasteiger partial charge is 0.423 e. The number of ether oxygens (including phenoxy) is 1. The average Bonchev–Trinajstić information content (AvgIpc) is 3.18. The fraction of sp³-hybridized carbons (Fsp3) is 0.238. The minimum atomic E-state index is -3.67. The van der Waals surface area contributed by atoms with Gasteiger partial charge in [-0.3, -0.25) is 0 Å². The summed E-state index contributed by atoms with van der Waals surface area (Å²) < 4.78 is 36.4. The monoisotopic (exact) mass is 413 g/mol. The van der Waals surface area contributed by atoms with Crippen LogP contribution >= 0.6 is 0 Å². The first-order valence-corrected chi connectivity index (χ1v) is 10.5. The number of aryl methyl sites for hydroxylation is 1. The van der Waals surface area contributed by atoms with Gasteiger partial charge in [0.05, 0.1) is 10.5 Å². The maximum absolute atomic E-state index is 12.5. The molecule has 0 spiro atoms. The van der Waals surface area contributed by atoms with Crippen molar-refractivity contribution in [1.29, 1.82) is 0 Å². The molecule has 0 amide bonds. The Bertz CT molecular complexity index is 1290. The second-order valence-corrected chi connectivity index (χ2v) is 9.21. The van der Waals surface area contributed by atoms with Gasteiger partial charge in [-0.1, -0.05) is 6.07 Å². The number of sulfonamides is 1. The van der Waals surface area contributed by atoms with Crippen molar-refractivity contribution in [3.8, 4) is 5.75 Å². The van der Waals surface area contributed by atoms with E-state index in [0.717, 1.165) is 40.1 Å². The van der Waals surface area contributed by atoms with Crippen LogP contribution < -0.4 is 10.4 Å². The molecule has 0 fully saturated rings. The lowest BCUT2D eigenvalue weighted by Gasteiger charge is -2.12. The van der Waals surface area contributed by atoms with Gasteiger partial charge >= 0.3 is 11.6 Å². The standard InChI is InChI=1S/C21H19NO6S/c1-22(2)29(25,26)15-6-3-5-13(11-15)20(23)27-14-9-10-17-16-7-4-8-18(16)21(24)28-19(17)12-14/h3,5-6,9-12H,4,7-8H2,1-2H3. The van der Waals surface area contributed by atoms with Crippen molar-refractivity contribution in [3.63, 3.8) is 0 Å². The van der Waals surface area contributed by atoms with Crippen LogP contribution in [-0.2, 0) is 22.9 Å². The van der Waals surface area contributed by atoms with Gasteiger partial charge in [0.1, 0.15) is 11.3 Å². The van der Waals surface area contributed by atoms with Gasteiger partial charge in [-0.2, -0.15) is 0 Å². The molecule has 0 atom stereocenters. The molecule has 1 aliphatic carbocycles. The van der Waals surface area contributed by atoms with Crippen LogP contribution in [0, 0.1) is 0 Å². The van der Waals surface area contributed by atoms with E-state index < -0.39 is 16.0 Å². The van der Waals surface area contributed by atoms with Gasteiger partial charge in [-0.05, 0) is 55.2 Å². The number of rotatable bonds is 4. The third-order valence-electron chi connectivity index (χ3n) is 5.00. The lowest BCUT2D eigenvalue weighted by molar-refractivity contribution is 0.0734. The molecule has 4 rings (SSSR count). The molecule has 0 N–H and O–H groups in total. The zero-order chi connectivity index (χ0) is 20.8. The van der Waals surface area contributed by atoms with E-state index in [9.17, 15) is 18.0 Å². The first-order valence-electron chi connectivity index (χ1n) is 9.11. The molecule has 0 radical (unpaired) electrons. The summed E-state index contributed by atoms with van der Waals surface area (Å²) in [5, 5.41) is 0.843. The van der Waals surface area contributed by atoms with Crippen molar-refractivity contribution < 1.29 is 22.4 Å². The van der Waals surface area contributed by atoms with E-state index in [2.05, 4.69) is 0 Å². The van der Waals surface area contributed by atoms with Crippen LogP contribution in [-0.4, -0.2) is 32.8 Å². The molecule has 2 aromatic carbocycles. The highest BCUT2D eigenvalue weighted by Gasteiger charge is 2.21. The van der Waals surface area contributed by atoms with Crippen molar-refractivity contribution in [1.82, 2.24) is 4.31 Å². The van der Waals surface area contributed by atoms with Crippen LogP contribution in [0.1, 0.15) is 27.9 Å². The van der Waals surface area contributed by atoms with Crippen LogP contribution in [0.3, 0.4) is 0 Å². The van der Waals surface area contributed by atoms with Gasteiger partial charge in [0.2, 0.25) is 10.0 Å². The molecule has 3 aromatic rings. The van der Waals surface area contributed by atoms with Crippen LogP contribution in [0.2, 0.25) is 0 Å². The van der Waals surface area contributed by atoms with Gasteiger partial charge in [0.25, 0.3) is 0 Å². The highest BCUT2D eigenvalue weighted by atomic mass is 32.2. The van der Waals surface area contributed by atoms with Gasteiger partial charge in [-0.25, -0.2) is 22.3 Å². The maximum atomic E-state index is 12.5. The predicted molar refractivity (Wildman–Crippen MR) is 107 cm³/mol. The van der Waals surface area contributed by atoms with Gasteiger partial charge < -0.3 is 9.15 Å². The Morgan fingerprint density at radius 1 is 1.07 bits per heavy atom. The lowest BCUT2D eigenvalue weighted by atomic mass is 10.1. The van der Waals surface area contributed by atoms with E-state index in [1.807, 2.05) is 0 Å². The van der Waals surface area contributed by atoms with Gasteiger partial charge in [-0.15, -0.1) is 0 Å². The van der Waals surface area contributed by atoms with Crippen molar-refractivity contribution in [2.24, 2.45) is 0 Å². The highest BCUT2D eigenvalue weighted by molar-refractivity contribution is 7.89. The smallest absolute Gasteiger partial charge is 0.343 e. The van der Waals surface area contributed by atoms with E-state index in [-0.39, 0.29) is 21.8 Å². The first-order chi connectivity index (χ1) is 13.8. The summed E-state index contributed by atoms with van der Waals surface area (Å²) in [6, 6.07) is 10.6.